The summed E-state index contributed by atoms with van der Waals surface area (Å²) in [5.41, 5.74) is 1.08. The van der Waals surface area contributed by atoms with E-state index in [-0.39, 0.29) is 18.4 Å². The first-order valence-corrected chi connectivity index (χ1v) is 8.96. The fourth-order valence-electron chi connectivity index (χ4n) is 3.82. The summed E-state index contributed by atoms with van der Waals surface area (Å²) >= 11 is 0. The first-order valence-electron chi connectivity index (χ1n) is 8.96. The lowest BCUT2D eigenvalue weighted by Gasteiger charge is -2.35. The summed E-state index contributed by atoms with van der Waals surface area (Å²) < 4.78 is 0. The molecule has 1 fully saturated rings. The quantitative estimate of drug-likeness (QED) is 0.924. The monoisotopic (exact) mass is 325 g/mol. The third-order valence-electron chi connectivity index (χ3n) is 5.61. The van der Waals surface area contributed by atoms with Crippen molar-refractivity contribution in [2.45, 2.75) is 44.6 Å². The summed E-state index contributed by atoms with van der Waals surface area (Å²) in [5.74, 6) is 0.482. The van der Waals surface area contributed by atoms with Crippen molar-refractivity contribution >= 4 is 16.7 Å². The topological polar surface area (TPSA) is 40.5 Å². The largest absolute Gasteiger partial charge is 0.396 e. The van der Waals surface area contributed by atoms with Crippen LogP contribution in [0.2, 0.25) is 0 Å². The van der Waals surface area contributed by atoms with E-state index in [0.717, 1.165) is 31.2 Å². The second-order valence-electron chi connectivity index (χ2n) is 7.13. The molecule has 128 valence electrons. The molecule has 0 aromatic heterocycles. The first-order chi connectivity index (χ1) is 11.6. The molecule has 0 radical (unpaired) electrons. The summed E-state index contributed by atoms with van der Waals surface area (Å²) in [5, 5.41) is 11.7. The van der Waals surface area contributed by atoms with Crippen molar-refractivity contribution in [3.63, 3.8) is 0 Å². The Labute approximate surface area is 144 Å². The van der Waals surface area contributed by atoms with Crippen LogP contribution in [0.3, 0.4) is 0 Å². The molecule has 1 N–H and O–H groups in total. The van der Waals surface area contributed by atoms with Gasteiger partial charge in [0.2, 0.25) is 5.91 Å². The average molecular weight is 325 g/mol. The predicted octanol–water partition coefficient (Wildman–Crippen LogP) is 3.95. The molecule has 0 saturated heterocycles. The Morgan fingerprint density at radius 1 is 1.12 bits per heavy atom. The maximum atomic E-state index is 12.9. The molecule has 2 aromatic rings. The minimum atomic E-state index is -0.129. The summed E-state index contributed by atoms with van der Waals surface area (Å²) in [6.07, 6.45) is 4.03. The zero-order valence-electron chi connectivity index (χ0n) is 14.6. The molecule has 1 amide bonds. The molecule has 3 nitrogen and oxygen atoms in total. The van der Waals surface area contributed by atoms with Gasteiger partial charge in [-0.05, 0) is 54.9 Å². The average Bonchev–Trinajstić information content (AvgIpc) is 2.66. The van der Waals surface area contributed by atoms with Crippen LogP contribution >= 0.6 is 0 Å². The van der Waals surface area contributed by atoms with Crippen LogP contribution in [0.1, 0.15) is 44.1 Å². The summed E-state index contributed by atoms with van der Waals surface area (Å²) in [7, 11) is 1.93. The number of likely N-dealkylation sites (N-methyl/N-ethyl adjacent to an activating group) is 1. The lowest BCUT2D eigenvalue weighted by Crippen LogP contribution is -2.41. The van der Waals surface area contributed by atoms with Crippen LogP contribution < -0.4 is 0 Å². The van der Waals surface area contributed by atoms with Crippen LogP contribution in [0.25, 0.3) is 10.8 Å². The van der Waals surface area contributed by atoms with Gasteiger partial charge in [0.15, 0.2) is 0 Å². The number of rotatable bonds is 4. The number of hydrogen-bond acceptors (Lipinski definition) is 2. The highest BCUT2D eigenvalue weighted by atomic mass is 16.3. The van der Waals surface area contributed by atoms with E-state index in [9.17, 15) is 9.90 Å². The lowest BCUT2D eigenvalue weighted by atomic mass is 9.85. The molecule has 2 aromatic carbocycles. The Hall–Kier alpha value is -1.87. The van der Waals surface area contributed by atoms with E-state index in [0.29, 0.717) is 12.0 Å². The van der Waals surface area contributed by atoms with Crippen molar-refractivity contribution in [3.8, 4) is 0 Å². The van der Waals surface area contributed by atoms with E-state index < -0.39 is 0 Å². The van der Waals surface area contributed by atoms with Crippen molar-refractivity contribution < 1.29 is 9.90 Å². The van der Waals surface area contributed by atoms with Gasteiger partial charge in [-0.25, -0.2) is 0 Å². The van der Waals surface area contributed by atoms with Gasteiger partial charge in [-0.3, -0.25) is 4.79 Å². The Balaban J connectivity index is 1.71. The lowest BCUT2D eigenvalue weighted by molar-refractivity contribution is -0.134. The molecular formula is C21H27NO2. The fraction of sp³-hybridized carbons (Fsp3) is 0.476. The van der Waals surface area contributed by atoms with Crippen LogP contribution in [0.5, 0.6) is 0 Å². The Morgan fingerprint density at radius 3 is 2.46 bits per heavy atom. The Morgan fingerprint density at radius 2 is 1.79 bits per heavy atom. The van der Waals surface area contributed by atoms with Crippen LogP contribution in [0, 0.1) is 5.92 Å². The zero-order chi connectivity index (χ0) is 17.1. The maximum Gasteiger partial charge on any atom is 0.229 e. The third-order valence-corrected chi connectivity index (χ3v) is 5.61. The van der Waals surface area contributed by atoms with Crippen molar-refractivity contribution in [2.75, 3.05) is 13.7 Å². The molecule has 24 heavy (non-hydrogen) atoms. The van der Waals surface area contributed by atoms with E-state index in [1.54, 1.807) is 0 Å². The van der Waals surface area contributed by atoms with Gasteiger partial charge in [0.1, 0.15) is 0 Å². The normalized spacial score (nSPS) is 22.3. The van der Waals surface area contributed by atoms with E-state index in [1.807, 2.05) is 31.0 Å². The molecule has 0 aliphatic heterocycles. The minimum Gasteiger partial charge on any atom is -0.396 e. The van der Waals surface area contributed by atoms with Gasteiger partial charge in [0.05, 0.1) is 5.92 Å². The third kappa shape index (κ3) is 3.46. The van der Waals surface area contributed by atoms with Crippen molar-refractivity contribution in [1.82, 2.24) is 4.90 Å². The van der Waals surface area contributed by atoms with E-state index >= 15 is 0 Å². The van der Waals surface area contributed by atoms with Crippen LogP contribution in [0.4, 0.5) is 0 Å². The molecule has 0 heterocycles. The number of carbonyl (C=O) groups is 1. The number of amides is 1. The number of fused-ring (bicyclic) bond motifs is 1. The summed E-state index contributed by atoms with van der Waals surface area (Å²) in [4.78, 5) is 14.8. The molecule has 1 aliphatic rings. The number of hydrogen-bond donors (Lipinski definition) is 1. The Bertz CT molecular complexity index is 704. The molecular weight excluding hydrogens is 298 g/mol. The second kappa shape index (κ2) is 7.35. The molecule has 0 spiro atoms. The fourth-order valence-corrected chi connectivity index (χ4v) is 3.82. The SMILES string of the molecule is CC(C(=O)N(C)C1CCC(CO)CC1)c1ccc2ccccc2c1. The van der Waals surface area contributed by atoms with Crippen LogP contribution in [-0.2, 0) is 4.79 Å². The van der Waals surface area contributed by atoms with Gasteiger partial charge < -0.3 is 10.0 Å². The molecule has 1 saturated carbocycles. The highest BCUT2D eigenvalue weighted by Gasteiger charge is 2.29. The smallest absolute Gasteiger partial charge is 0.229 e. The summed E-state index contributed by atoms with van der Waals surface area (Å²) in [6.45, 7) is 2.28. The second-order valence-corrected chi connectivity index (χ2v) is 7.13. The van der Waals surface area contributed by atoms with Gasteiger partial charge in [0, 0.05) is 19.7 Å². The van der Waals surface area contributed by atoms with E-state index in [2.05, 4.69) is 30.3 Å². The number of aliphatic hydroxyl groups excluding tert-OH is 1. The zero-order valence-corrected chi connectivity index (χ0v) is 14.6. The van der Waals surface area contributed by atoms with Gasteiger partial charge in [-0.15, -0.1) is 0 Å². The molecule has 1 unspecified atom stereocenters. The first kappa shape index (κ1) is 17.0. The van der Waals surface area contributed by atoms with Crippen LogP contribution in [0.15, 0.2) is 42.5 Å². The van der Waals surface area contributed by atoms with Crippen LogP contribution in [-0.4, -0.2) is 35.6 Å². The molecule has 3 heteroatoms. The molecule has 1 atom stereocenters. The number of carbonyl (C=O) groups excluding carboxylic acids is 1. The van der Waals surface area contributed by atoms with Crippen molar-refractivity contribution in [2.24, 2.45) is 5.92 Å². The van der Waals surface area contributed by atoms with Gasteiger partial charge in [0.25, 0.3) is 0 Å². The molecule has 0 bridgehead atoms. The van der Waals surface area contributed by atoms with Crippen molar-refractivity contribution in [3.05, 3.63) is 48.0 Å². The number of nitrogens with zero attached hydrogens (tertiary/aromatic N) is 1. The Kier molecular flexibility index (Phi) is 5.20. The molecule has 1 aliphatic carbocycles. The standard InChI is InChI=1S/C21H27NO2/c1-15(18-10-9-17-5-3-4-6-19(17)13-18)21(24)22(2)20-11-7-16(14-23)8-12-20/h3-6,9-10,13,15-16,20,23H,7-8,11-12,14H2,1-2H3. The van der Waals surface area contributed by atoms with E-state index in [1.165, 1.54) is 10.8 Å². The number of aliphatic hydroxyl groups is 1. The summed E-state index contributed by atoms with van der Waals surface area (Å²) in [6, 6.07) is 14.9. The van der Waals surface area contributed by atoms with Gasteiger partial charge in [-0.1, -0.05) is 42.5 Å². The highest BCUT2D eigenvalue weighted by Crippen LogP contribution is 2.29. The van der Waals surface area contributed by atoms with Gasteiger partial charge >= 0.3 is 0 Å². The van der Waals surface area contributed by atoms with Gasteiger partial charge in [-0.2, -0.15) is 0 Å². The number of benzene rings is 2. The van der Waals surface area contributed by atoms with E-state index in [4.69, 9.17) is 0 Å². The van der Waals surface area contributed by atoms with Crippen molar-refractivity contribution in [1.29, 1.82) is 0 Å². The maximum absolute atomic E-state index is 12.9. The predicted molar refractivity (Wildman–Crippen MR) is 98.0 cm³/mol. The highest BCUT2D eigenvalue weighted by molar-refractivity contribution is 5.87. The molecule has 3 rings (SSSR count). The minimum absolute atomic E-state index is 0.129.